The Labute approximate surface area is 194 Å². The minimum Gasteiger partial charge on any atom is -0.507 e. The summed E-state index contributed by atoms with van der Waals surface area (Å²) in [4.78, 5) is 11.4. The maximum atomic E-state index is 14.5. The van der Waals surface area contributed by atoms with Crippen LogP contribution in [0.4, 0.5) is 8.78 Å². The van der Waals surface area contributed by atoms with Crippen molar-refractivity contribution in [3.05, 3.63) is 83.1 Å². The predicted molar refractivity (Wildman–Crippen MR) is 125 cm³/mol. The first kappa shape index (κ1) is 22.1. The summed E-state index contributed by atoms with van der Waals surface area (Å²) >= 11 is 0. The second-order valence-corrected chi connectivity index (χ2v) is 8.62. The second kappa shape index (κ2) is 8.57. The molecule has 4 aromatic rings. The van der Waals surface area contributed by atoms with Crippen LogP contribution in [0.15, 0.2) is 54.6 Å². The van der Waals surface area contributed by atoms with Crippen LogP contribution in [0.2, 0.25) is 0 Å². The number of phenols is 1. The number of rotatable bonds is 4. The lowest BCUT2D eigenvalue weighted by Gasteiger charge is -2.26. The van der Waals surface area contributed by atoms with Crippen LogP contribution in [0.3, 0.4) is 0 Å². The molecule has 1 aliphatic rings. The number of ether oxygens (including phenoxy) is 1. The van der Waals surface area contributed by atoms with Crippen molar-refractivity contribution < 1.29 is 28.5 Å². The molecule has 7 heteroatoms. The van der Waals surface area contributed by atoms with Gasteiger partial charge in [0.05, 0.1) is 16.5 Å². The first-order valence-electron chi connectivity index (χ1n) is 11.1. The summed E-state index contributed by atoms with van der Waals surface area (Å²) in [7, 11) is 0. The third kappa shape index (κ3) is 3.72. The summed E-state index contributed by atoms with van der Waals surface area (Å²) in [5.41, 5.74) is 3.98. The van der Waals surface area contributed by atoms with Gasteiger partial charge in [-0.05, 0) is 67.3 Å². The normalized spacial score (nSPS) is 14.6. The van der Waals surface area contributed by atoms with Crippen LogP contribution in [0.1, 0.15) is 40.4 Å². The molecule has 0 saturated carbocycles. The monoisotopic (exact) mass is 463 g/mol. The number of aromatic nitrogens is 1. The standard InChI is InChI=1S/C27H23F2NO4/c1-15-12-20(6-7-21(15)29)30-22-13-19(28)14-23(31)25(22)24(26(30)17-8-10-34-11-9-17)16-2-4-18(5-3-16)27(32)33/h2-7,12-14,17,31H,8-11H2,1H3,(H,32,33). The van der Waals surface area contributed by atoms with Gasteiger partial charge in [0.1, 0.15) is 17.4 Å². The third-order valence-corrected chi connectivity index (χ3v) is 6.48. The highest BCUT2D eigenvalue weighted by atomic mass is 19.1. The van der Waals surface area contributed by atoms with E-state index in [0.29, 0.717) is 46.5 Å². The highest BCUT2D eigenvalue weighted by Crippen LogP contribution is 2.46. The summed E-state index contributed by atoms with van der Waals surface area (Å²) < 4.78 is 36.1. The number of carboxylic acid groups (broad SMARTS) is 1. The zero-order valence-electron chi connectivity index (χ0n) is 18.5. The summed E-state index contributed by atoms with van der Waals surface area (Å²) in [6.45, 7) is 2.79. The molecule has 174 valence electrons. The van der Waals surface area contributed by atoms with Crippen molar-refractivity contribution in [1.29, 1.82) is 0 Å². The van der Waals surface area contributed by atoms with Crippen LogP contribution >= 0.6 is 0 Å². The lowest BCUT2D eigenvalue weighted by molar-refractivity contribution is 0.0697. The molecule has 0 atom stereocenters. The summed E-state index contributed by atoms with van der Waals surface area (Å²) in [6.07, 6.45) is 1.44. The fraction of sp³-hybridized carbons (Fsp3) is 0.222. The fourth-order valence-electron chi connectivity index (χ4n) is 4.86. The van der Waals surface area contributed by atoms with Gasteiger partial charge < -0.3 is 19.5 Å². The van der Waals surface area contributed by atoms with Crippen molar-refractivity contribution in [1.82, 2.24) is 4.57 Å². The summed E-state index contributed by atoms with van der Waals surface area (Å²) in [5.74, 6) is -2.15. The first-order chi connectivity index (χ1) is 16.3. The van der Waals surface area contributed by atoms with Gasteiger partial charge in [0, 0.05) is 42.1 Å². The molecular weight excluding hydrogens is 440 g/mol. The average Bonchev–Trinajstić information content (AvgIpc) is 3.16. The van der Waals surface area contributed by atoms with Crippen LogP contribution in [-0.2, 0) is 4.74 Å². The first-order valence-corrected chi connectivity index (χ1v) is 11.1. The van der Waals surface area contributed by atoms with E-state index in [1.807, 2.05) is 4.57 Å². The quantitative estimate of drug-likeness (QED) is 0.379. The molecular formula is C27H23F2NO4. The van der Waals surface area contributed by atoms with Gasteiger partial charge in [0.2, 0.25) is 0 Å². The van der Waals surface area contributed by atoms with Crippen LogP contribution in [0.25, 0.3) is 27.7 Å². The second-order valence-electron chi connectivity index (χ2n) is 8.62. The Bertz CT molecular complexity index is 1400. The van der Waals surface area contributed by atoms with Crippen molar-refractivity contribution in [3.63, 3.8) is 0 Å². The number of carboxylic acids is 1. The molecule has 0 amide bonds. The summed E-state index contributed by atoms with van der Waals surface area (Å²) in [5, 5.41) is 20.7. The number of fused-ring (bicyclic) bond motifs is 1. The Morgan fingerprint density at radius 3 is 2.38 bits per heavy atom. The number of halogens is 2. The summed E-state index contributed by atoms with van der Waals surface area (Å²) in [6, 6.07) is 13.6. The van der Waals surface area contributed by atoms with E-state index in [0.717, 1.165) is 24.6 Å². The molecule has 1 aromatic heterocycles. The number of aromatic hydroxyl groups is 1. The molecule has 0 aliphatic carbocycles. The van der Waals surface area contributed by atoms with Crippen LogP contribution in [0.5, 0.6) is 5.75 Å². The Hall–Kier alpha value is -3.71. The molecule has 3 aromatic carbocycles. The van der Waals surface area contributed by atoms with Crippen LogP contribution < -0.4 is 0 Å². The molecule has 1 saturated heterocycles. The molecule has 5 rings (SSSR count). The molecule has 34 heavy (non-hydrogen) atoms. The van der Waals surface area contributed by atoms with E-state index < -0.39 is 11.8 Å². The van der Waals surface area contributed by atoms with E-state index in [-0.39, 0.29) is 23.0 Å². The van der Waals surface area contributed by atoms with Gasteiger partial charge in [0.25, 0.3) is 0 Å². The number of nitrogens with zero attached hydrogens (tertiary/aromatic N) is 1. The zero-order valence-corrected chi connectivity index (χ0v) is 18.5. The van der Waals surface area contributed by atoms with Crippen molar-refractivity contribution in [2.24, 2.45) is 0 Å². The Morgan fingerprint density at radius 1 is 1.03 bits per heavy atom. The van der Waals surface area contributed by atoms with Crippen molar-refractivity contribution >= 4 is 16.9 Å². The van der Waals surface area contributed by atoms with E-state index >= 15 is 0 Å². The van der Waals surface area contributed by atoms with E-state index in [1.54, 1.807) is 31.2 Å². The maximum Gasteiger partial charge on any atom is 0.335 e. The van der Waals surface area contributed by atoms with Gasteiger partial charge in [-0.3, -0.25) is 0 Å². The third-order valence-electron chi connectivity index (χ3n) is 6.48. The topological polar surface area (TPSA) is 71.7 Å². The number of aryl methyl sites for hydroxylation is 1. The minimum absolute atomic E-state index is 0.0307. The van der Waals surface area contributed by atoms with Crippen molar-refractivity contribution in [2.75, 3.05) is 13.2 Å². The number of hydrogen-bond donors (Lipinski definition) is 2. The lowest BCUT2D eigenvalue weighted by atomic mass is 9.89. The molecule has 2 heterocycles. The number of aromatic carboxylic acids is 1. The Kier molecular flexibility index (Phi) is 5.57. The van der Waals surface area contributed by atoms with E-state index in [1.165, 1.54) is 24.3 Å². The van der Waals surface area contributed by atoms with Gasteiger partial charge in [0.15, 0.2) is 0 Å². The van der Waals surface area contributed by atoms with E-state index in [9.17, 15) is 23.8 Å². The van der Waals surface area contributed by atoms with Gasteiger partial charge in [-0.25, -0.2) is 13.6 Å². The number of carbonyl (C=O) groups is 1. The van der Waals surface area contributed by atoms with E-state index in [4.69, 9.17) is 4.74 Å². The molecule has 1 aliphatic heterocycles. The van der Waals surface area contributed by atoms with Crippen LogP contribution in [-0.4, -0.2) is 34.0 Å². The van der Waals surface area contributed by atoms with E-state index in [2.05, 4.69) is 0 Å². The SMILES string of the molecule is Cc1cc(-n2c(C3CCOCC3)c(-c3ccc(C(=O)O)cc3)c3c(O)cc(F)cc32)ccc1F. The Balaban J connectivity index is 1.89. The lowest BCUT2D eigenvalue weighted by Crippen LogP contribution is -2.17. The highest BCUT2D eigenvalue weighted by Gasteiger charge is 2.29. The van der Waals surface area contributed by atoms with Gasteiger partial charge in [-0.15, -0.1) is 0 Å². The number of phenolic OH excluding ortho intramolecular Hbond substituents is 1. The smallest absolute Gasteiger partial charge is 0.335 e. The fourth-order valence-corrected chi connectivity index (χ4v) is 4.86. The minimum atomic E-state index is -1.04. The Morgan fingerprint density at radius 2 is 1.74 bits per heavy atom. The van der Waals surface area contributed by atoms with Crippen molar-refractivity contribution in [3.8, 4) is 22.6 Å². The predicted octanol–water partition coefficient (Wildman–Crippen LogP) is 6.18. The largest absolute Gasteiger partial charge is 0.507 e. The molecule has 0 unspecified atom stereocenters. The molecule has 1 fully saturated rings. The number of benzene rings is 3. The van der Waals surface area contributed by atoms with Gasteiger partial charge >= 0.3 is 5.97 Å². The molecule has 5 nitrogen and oxygen atoms in total. The zero-order chi connectivity index (χ0) is 24.0. The van der Waals surface area contributed by atoms with Crippen LogP contribution in [0, 0.1) is 18.6 Å². The average molecular weight is 463 g/mol. The molecule has 0 bridgehead atoms. The highest BCUT2D eigenvalue weighted by molar-refractivity contribution is 6.03. The van der Waals surface area contributed by atoms with Crippen molar-refractivity contribution in [2.45, 2.75) is 25.7 Å². The van der Waals surface area contributed by atoms with Gasteiger partial charge in [-0.1, -0.05) is 12.1 Å². The molecule has 0 spiro atoms. The number of hydrogen-bond acceptors (Lipinski definition) is 3. The maximum absolute atomic E-state index is 14.5. The molecule has 0 radical (unpaired) electrons. The van der Waals surface area contributed by atoms with Gasteiger partial charge in [-0.2, -0.15) is 0 Å². The molecule has 2 N–H and O–H groups in total.